The molecular weight excluding hydrogens is 284 g/mol. The van der Waals surface area contributed by atoms with Gasteiger partial charge < -0.3 is 10.1 Å². The third kappa shape index (κ3) is 2.05. The molecule has 2 aromatic heterocycles. The molecule has 0 fully saturated rings. The largest absolute Gasteiger partial charge is 0.493 e. The molecule has 0 amide bonds. The number of azo groups is 1. The average Bonchev–Trinajstić information content (AvgIpc) is 3.04. The van der Waals surface area contributed by atoms with Crippen LogP contribution in [-0.4, -0.2) is 15.1 Å². The molecule has 2 heterocycles. The lowest BCUT2D eigenvalue weighted by atomic mass is 10.2. The Morgan fingerprint density at radius 3 is 2.71 bits per heavy atom. The van der Waals surface area contributed by atoms with Gasteiger partial charge in [-0.25, -0.2) is 4.98 Å². The molecule has 0 bridgehead atoms. The van der Waals surface area contributed by atoms with Crippen molar-refractivity contribution in [1.29, 1.82) is 0 Å². The van der Waals surface area contributed by atoms with Crippen LogP contribution in [0.25, 0.3) is 21.1 Å². The molecule has 0 spiro atoms. The molecule has 0 aliphatic heterocycles. The van der Waals surface area contributed by atoms with Crippen molar-refractivity contribution in [3.63, 3.8) is 0 Å². The van der Waals surface area contributed by atoms with Crippen LogP contribution in [0.5, 0.6) is 5.88 Å². The summed E-state index contributed by atoms with van der Waals surface area (Å²) in [7, 11) is 0. The van der Waals surface area contributed by atoms with Crippen molar-refractivity contribution >= 4 is 43.3 Å². The number of aromatic nitrogens is 2. The smallest absolute Gasteiger partial charge is 0.231 e. The third-order valence-electron chi connectivity index (χ3n) is 3.18. The Kier molecular flexibility index (Phi) is 2.68. The molecule has 0 saturated heterocycles. The van der Waals surface area contributed by atoms with Crippen LogP contribution in [0.4, 0.5) is 10.8 Å². The zero-order valence-electron chi connectivity index (χ0n) is 10.8. The van der Waals surface area contributed by atoms with Crippen molar-refractivity contribution in [2.45, 2.75) is 0 Å². The van der Waals surface area contributed by atoms with Crippen molar-refractivity contribution in [2.24, 2.45) is 10.2 Å². The maximum Gasteiger partial charge on any atom is 0.231 e. The summed E-state index contributed by atoms with van der Waals surface area (Å²) in [5.41, 5.74) is 2.16. The van der Waals surface area contributed by atoms with Crippen LogP contribution in [0.1, 0.15) is 0 Å². The number of benzene rings is 2. The van der Waals surface area contributed by atoms with Gasteiger partial charge in [0.2, 0.25) is 11.0 Å². The van der Waals surface area contributed by atoms with E-state index >= 15 is 0 Å². The SMILES string of the molecule is Oc1[nH]c2ccccc2c1N=Nc1nc2ccccc2s1. The van der Waals surface area contributed by atoms with Gasteiger partial charge in [-0.15, -0.1) is 10.2 Å². The van der Waals surface area contributed by atoms with E-state index in [0.717, 1.165) is 21.1 Å². The van der Waals surface area contributed by atoms with Crippen molar-refractivity contribution < 1.29 is 5.11 Å². The zero-order chi connectivity index (χ0) is 14.2. The highest BCUT2D eigenvalue weighted by Crippen LogP contribution is 2.37. The van der Waals surface area contributed by atoms with Crippen LogP contribution in [0.2, 0.25) is 0 Å². The molecule has 4 rings (SSSR count). The van der Waals surface area contributed by atoms with E-state index in [0.29, 0.717) is 10.8 Å². The van der Waals surface area contributed by atoms with E-state index < -0.39 is 0 Å². The lowest BCUT2D eigenvalue weighted by Gasteiger charge is -1.89. The lowest BCUT2D eigenvalue weighted by molar-refractivity contribution is 0.459. The molecule has 102 valence electrons. The summed E-state index contributed by atoms with van der Waals surface area (Å²) < 4.78 is 1.06. The molecule has 2 aromatic carbocycles. The third-order valence-corrected chi connectivity index (χ3v) is 4.10. The molecule has 2 N–H and O–H groups in total. The number of nitrogens with one attached hydrogen (secondary N) is 1. The van der Waals surface area contributed by atoms with Gasteiger partial charge in [-0.1, -0.05) is 41.7 Å². The van der Waals surface area contributed by atoms with Crippen LogP contribution in [0.3, 0.4) is 0 Å². The Hall–Kier alpha value is -2.73. The van der Waals surface area contributed by atoms with Gasteiger partial charge in [0.15, 0.2) is 5.69 Å². The first kappa shape index (κ1) is 12.0. The fourth-order valence-electron chi connectivity index (χ4n) is 2.21. The fraction of sp³-hybridized carbons (Fsp3) is 0. The monoisotopic (exact) mass is 294 g/mol. The second-order valence-electron chi connectivity index (χ2n) is 4.53. The normalized spacial score (nSPS) is 11.8. The van der Waals surface area contributed by atoms with Crippen molar-refractivity contribution in [2.75, 3.05) is 0 Å². The molecule has 21 heavy (non-hydrogen) atoms. The van der Waals surface area contributed by atoms with Crippen LogP contribution in [-0.2, 0) is 0 Å². The van der Waals surface area contributed by atoms with Gasteiger partial charge in [-0.2, -0.15) is 0 Å². The van der Waals surface area contributed by atoms with E-state index in [1.165, 1.54) is 11.3 Å². The number of hydrogen-bond donors (Lipinski definition) is 2. The van der Waals surface area contributed by atoms with Crippen molar-refractivity contribution in [3.05, 3.63) is 48.5 Å². The number of aromatic amines is 1. The first-order valence-corrected chi connectivity index (χ1v) is 7.20. The fourth-order valence-corrected chi connectivity index (χ4v) is 3.00. The number of thiazole rings is 1. The van der Waals surface area contributed by atoms with Crippen LogP contribution in [0, 0.1) is 0 Å². The topological polar surface area (TPSA) is 73.6 Å². The lowest BCUT2D eigenvalue weighted by Crippen LogP contribution is -1.65. The van der Waals surface area contributed by atoms with E-state index in [-0.39, 0.29) is 5.88 Å². The van der Waals surface area contributed by atoms with Crippen LogP contribution < -0.4 is 0 Å². The summed E-state index contributed by atoms with van der Waals surface area (Å²) in [6, 6.07) is 15.4. The molecule has 6 heteroatoms. The maximum absolute atomic E-state index is 9.93. The molecular formula is C15H10N4OS. The molecule has 0 aliphatic rings. The number of hydrogen-bond acceptors (Lipinski definition) is 5. The Morgan fingerprint density at radius 2 is 1.81 bits per heavy atom. The number of aromatic hydroxyl groups is 1. The molecule has 0 radical (unpaired) electrons. The second-order valence-corrected chi connectivity index (χ2v) is 5.54. The van der Waals surface area contributed by atoms with Gasteiger partial charge in [-0.3, -0.25) is 0 Å². The molecule has 4 aromatic rings. The number of fused-ring (bicyclic) bond motifs is 2. The quantitative estimate of drug-likeness (QED) is 0.516. The average molecular weight is 294 g/mol. The van der Waals surface area contributed by atoms with Gasteiger partial charge in [0, 0.05) is 5.39 Å². The second kappa shape index (κ2) is 4.68. The highest BCUT2D eigenvalue weighted by atomic mass is 32.1. The summed E-state index contributed by atoms with van der Waals surface area (Å²) in [6.07, 6.45) is 0. The molecule has 5 nitrogen and oxygen atoms in total. The predicted octanol–water partition coefficient (Wildman–Crippen LogP) is 4.90. The van der Waals surface area contributed by atoms with E-state index in [2.05, 4.69) is 20.2 Å². The summed E-state index contributed by atoms with van der Waals surface area (Å²) >= 11 is 1.47. The minimum atomic E-state index is 0.0149. The molecule has 0 aliphatic carbocycles. The number of rotatable bonds is 2. The number of nitrogens with zero attached hydrogens (tertiary/aromatic N) is 3. The van der Waals surface area contributed by atoms with Crippen molar-refractivity contribution in [1.82, 2.24) is 9.97 Å². The van der Waals surface area contributed by atoms with E-state index in [1.807, 2.05) is 48.5 Å². The molecule has 0 unspecified atom stereocenters. The van der Waals surface area contributed by atoms with Gasteiger partial charge in [0.05, 0.1) is 15.7 Å². The Labute approximate surface area is 123 Å². The number of para-hydroxylation sites is 2. The first-order chi connectivity index (χ1) is 10.3. The molecule has 0 atom stereocenters. The Morgan fingerprint density at radius 1 is 1.00 bits per heavy atom. The van der Waals surface area contributed by atoms with Gasteiger partial charge in [0.1, 0.15) is 0 Å². The zero-order valence-corrected chi connectivity index (χ0v) is 11.6. The Balaban J connectivity index is 1.78. The van der Waals surface area contributed by atoms with Crippen molar-refractivity contribution in [3.8, 4) is 5.88 Å². The van der Waals surface area contributed by atoms with Crippen LogP contribution in [0.15, 0.2) is 58.8 Å². The Bertz CT molecular complexity index is 937. The highest BCUT2D eigenvalue weighted by molar-refractivity contribution is 7.21. The summed E-state index contributed by atoms with van der Waals surface area (Å²) in [4.78, 5) is 7.26. The molecule has 0 saturated carbocycles. The van der Waals surface area contributed by atoms with Gasteiger partial charge >= 0.3 is 0 Å². The predicted molar refractivity (Wildman–Crippen MR) is 83.8 cm³/mol. The summed E-state index contributed by atoms with van der Waals surface area (Å²) in [5, 5.41) is 19.6. The maximum atomic E-state index is 9.93. The van der Waals surface area contributed by atoms with Gasteiger partial charge in [-0.05, 0) is 18.2 Å². The summed E-state index contributed by atoms with van der Waals surface area (Å²) in [5.74, 6) is 0.0149. The highest BCUT2D eigenvalue weighted by Gasteiger charge is 2.10. The van der Waals surface area contributed by atoms with E-state index in [1.54, 1.807) is 0 Å². The minimum absolute atomic E-state index is 0.0149. The van der Waals surface area contributed by atoms with E-state index in [9.17, 15) is 5.11 Å². The first-order valence-electron chi connectivity index (χ1n) is 6.38. The summed E-state index contributed by atoms with van der Waals surface area (Å²) in [6.45, 7) is 0. The standard InChI is InChI=1S/C15H10N4OS/c20-14-13(9-5-1-2-6-10(9)16-14)18-19-15-17-11-7-3-4-8-12(11)21-15/h1-8,16,20H. The van der Waals surface area contributed by atoms with Gasteiger partial charge in [0.25, 0.3) is 0 Å². The number of H-pyrrole nitrogens is 1. The van der Waals surface area contributed by atoms with E-state index in [4.69, 9.17) is 0 Å². The van der Waals surface area contributed by atoms with Crippen LogP contribution >= 0.6 is 11.3 Å². The minimum Gasteiger partial charge on any atom is -0.493 e.